The van der Waals surface area contributed by atoms with Crippen LogP contribution in [0.15, 0.2) is 36.9 Å². The van der Waals surface area contributed by atoms with Crippen LogP contribution in [0.3, 0.4) is 0 Å². The van der Waals surface area contributed by atoms with Crippen LogP contribution in [-0.2, 0) is 16.6 Å². The first kappa shape index (κ1) is 23.5. The molecule has 0 radical (unpaired) electrons. The van der Waals surface area contributed by atoms with E-state index in [-0.39, 0.29) is 11.5 Å². The van der Waals surface area contributed by atoms with Gasteiger partial charge >= 0.3 is 12.1 Å². The van der Waals surface area contributed by atoms with Gasteiger partial charge in [0.05, 0.1) is 26.0 Å². The summed E-state index contributed by atoms with van der Waals surface area (Å²) < 4.78 is 45.3. The molecular weight excluding hydrogens is 433 g/mol. The number of hydrogen-bond acceptors (Lipinski definition) is 6. The molecule has 1 unspecified atom stereocenters. The van der Waals surface area contributed by atoms with E-state index in [2.05, 4.69) is 9.97 Å². The van der Waals surface area contributed by atoms with Gasteiger partial charge < -0.3 is 24.0 Å². The molecule has 2 aromatic heterocycles. The Morgan fingerprint density at radius 3 is 2.59 bits per heavy atom. The highest BCUT2D eigenvalue weighted by molar-refractivity contribution is 5.92. The number of carbonyl (C=O) groups is 2. The number of imidazole rings is 1. The molecule has 1 N–H and O–H groups in total. The minimum atomic E-state index is -5.08. The molecule has 2 aromatic rings. The second-order valence-electron chi connectivity index (χ2n) is 7.59. The second kappa shape index (κ2) is 9.55. The van der Waals surface area contributed by atoms with Crippen molar-refractivity contribution in [1.29, 1.82) is 0 Å². The predicted molar refractivity (Wildman–Crippen MR) is 104 cm³/mol. The number of likely N-dealkylation sites (tertiary alicyclic amines) is 1. The van der Waals surface area contributed by atoms with Crippen LogP contribution < -0.4 is 4.74 Å². The number of aliphatic carboxylic acids is 1. The highest BCUT2D eigenvalue weighted by Crippen LogP contribution is 2.42. The van der Waals surface area contributed by atoms with Crippen LogP contribution in [0.4, 0.5) is 13.2 Å². The van der Waals surface area contributed by atoms with Gasteiger partial charge in [0.25, 0.3) is 5.91 Å². The fourth-order valence-corrected chi connectivity index (χ4v) is 3.71. The predicted octanol–water partition coefficient (Wildman–Crippen LogP) is 2.15. The zero-order valence-electron chi connectivity index (χ0n) is 17.3. The first-order chi connectivity index (χ1) is 15.1. The summed E-state index contributed by atoms with van der Waals surface area (Å²) >= 11 is 0. The SMILES string of the molecule is Cn1cnc(C(=O)N2CC3(C2)OCCC3CCOc2ccccn2)c1.O=C(O)C(F)(F)F. The number of nitrogens with zero attached hydrogens (tertiary/aromatic N) is 4. The standard InChI is InChI=1S/C18H22N4O3.C2HF3O2/c1-21-10-15(20-13-21)17(23)22-11-18(12-22)14(6-9-25-18)5-8-24-16-4-2-3-7-19-16;3-2(4,5)1(6)7/h2-4,7,10,13-14H,5-6,8-9,11-12H2,1H3;(H,6,7). The van der Waals surface area contributed by atoms with E-state index in [9.17, 15) is 18.0 Å². The fourth-order valence-electron chi connectivity index (χ4n) is 3.71. The number of aryl methyl sites for hydroxylation is 1. The number of rotatable bonds is 5. The number of amides is 1. The van der Waals surface area contributed by atoms with Crippen LogP contribution in [0.1, 0.15) is 23.3 Å². The number of carboxylic acids is 1. The van der Waals surface area contributed by atoms with Crippen molar-refractivity contribution in [2.45, 2.75) is 24.6 Å². The third kappa shape index (κ3) is 5.55. The lowest BCUT2D eigenvalue weighted by Crippen LogP contribution is -2.66. The third-order valence-electron chi connectivity index (χ3n) is 5.32. The highest BCUT2D eigenvalue weighted by atomic mass is 19.4. The molecule has 0 bridgehead atoms. The van der Waals surface area contributed by atoms with Crippen molar-refractivity contribution in [2.75, 3.05) is 26.3 Å². The molecule has 4 heterocycles. The number of ether oxygens (including phenoxy) is 2. The average molecular weight is 456 g/mol. The van der Waals surface area contributed by atoms with Gasteiger partial charge in [-0.2, -0.15) is 13.2 Å². The van der Waals surface area contributed by atoms with Gasteiger partial charge in [-0.15, -0.1) is 0 Å². The van der Waals surface area contributed by atoms with Crippen LogP contribution in [0.2, 0.25) is 0 Å². The van der Waals surface area contributed by atoms with E-state index in [1.807, 2.05) is 30.1 Å². The molecule has 2 aliphatic rings. The topological polar surface area (TPSA) is 107 Å². The van der Waals surface area contributed by atoms with Crippen molar-refractivity contribution >= 4 is 11.9 Å². The van der Waals surface area contributed by atoms with Crippen LogP contribution in [-0.4, -0.2) is 74.5 Å². The first-order valence-electron chi connectivity index (χ1n) is 9.86. The summed E-state index contributed by atoms with van der Waals surface area (Å²) in [6, 6.07) is 5.64. The maximum absolute atomic E-state index is 12.4. The van der Waals surface area contributed by atoms with Crippen molar-refractivity contribution in [3.05, 3.63) is 42.6 Å². The summed E-state index contributed by atoms with van der Waals surface area (Å²) in [7, 11) is 1.86. The number of alkyl halides is 3. The molecular formula is C20H23F3N4O5. The summed E-state index contributed by atoms with van der Waals surface area (Å²) in [5.41, 5.74) is 0.281. The molecule has 12 heteroatoms. The summed E-state index contributed by atoms with van der Waals surface area (Å²) in [6.07, 6.45) is 1.95. The molecule has 4 rings (SSSR count). The zero-order valence-corrected chi connectivity index (χ0v) is 17.3. The monoisotopic (exact) mass is 456 g/mol. The smallest absolute Gasteiger partial charge is 0.478 e. The van der Waals surface area contributed by atoms with Crippen molar-refractivity contribution in [3.8, 4) is 5.88 Å². The molecule has 2 aliphatic heterocycles. The van der Waals surface area contributed by atoms with Gasteiger partial charge in [0.15, 0.2) is 0 Å². The maximum atomic E-state index is 12.4. The van der Waals surface area contributed by atoms with E-state index in [1.54, 1.807) is 23.3 Å². The summed E-state index contributed by atoms with van der Waals surface area (Å²) in [5.74, 6) is -1.72. The lowest BCUT2D eigenvalue weighted by atomic mass is 9.79. The van der Waals surface area contributed by atoms with Crippen molar-refractivity contribution in [3.63, 3.8) is 0 Å². The molecule has 0 saturated carbocycles. The van der Waals surface area contributed by atoms with E-state index in [4.69, 9.17) is 19.4 Å². The number of halogens is 3. The quantitative estimate of drug-likeness (QED) is 0.735. The molecule has 9 nitrogen and oxygen atoms in total. The molecule has 32 heavy (non-hydrogen) atoms. The minimum Gasteiger partial charge on any atom is -0.478 e. The first-order valence-corrected chi connectivity index (χ1v) is 9.86. The van der Waals surface area contributed by atoms with E-state index < -0.39 is 12.1 Å². The lowest BCUT2D eigenvalue weighted by Gasteiger charge is -2.50. The Morgan fingerprint density at radius 2 is 2.03 bits per heavy atom. The molecule has 1 spiro atoms. The Labute approximate surface area is 181 Å². The Kier molecular flexibility index (Phi) is 7.02. The summed E-state index contributed by atoms with van der Waals surface area (Å²) in [5, 5.41) is 7.12. The molecule has 1 amide bonds. The minimum absolute atomic E-state index is 0.0230. The number of hydrogen-bond donors (Lipinski definition) is 1. The van der Waals surface area contributed by atoms with Gasteiger partial charge in [0.2, 0.25) is 5.88 Å². The van der Waals surface area contributed by atoms with Gasteiger partial charge in [-0.1, -0.05) is 6.07 Å². The molecule has 174 valence electrons. The van der Waals surface area contributed by atoms with Crippen molar-refractivity contribution < 1.29 is 37.3 Å². The Balaban J connectivity index is 0.000000360. The van der Waals surface area contributed by atoms with E-state index in [0.717, 1.165) is 19.4 Å². The second-order valence-corrected chi connectivity index (χ2v) is 7.59. The zero-order chi connectivity index (χ0) is 23.4. The third-order valence-corrected chi connectivity index (χ3v) is 5.32. The number of pyridine rings is 1. The van der Waals surface area contributed by atoms with Crippen LogP contribution in [0, 0.1) is 5.92 Å². The molecule has 2 saturated heterocycles. The molecule has 0 aromatic carbocycles. The fraction of sp³-hybridized carbons (Fsp3) is 0.500. The van der Waals surface area contributed by atoms with Gasteiger partial charge in [-0.05, 0) is 24.8 Å². The van der Waals surface area contributed by atoms with E-state index in [1.165, 1.54) is 0 Å². The largest absolute Gasteiger partial charge is 0.490 e. The summed E-state index contributed by atoms with van der Waals surface area (Å²) in [4.78, 5) is 31.5. The lowest BCUT2D eigenvalue weighted by molar-refractivity contribution is -0.192. The number of aromatic nitrogens is 3. The molecule has 1 atom stereocenters. The van der Waals surface area contributed by atoms with Gasteiger partial charge in [-0.3, -0.25) is 4.79 Å². The number of carboxylic acid groups (broad SMARTS) is 1. The summed E-state index contributed by atoms with van der Waals surface area (Å²) in [6.45, 7) is 2.63. The molecule has 2 fully saturated rings. The van der Waals surface area contributed by atoms with Crippen LogP contribution in [0.5, 0.6) is 5.88 Å². The van der Waals surface area contributed by atoms with E-state index >= 15 is 0 Å². The highest BCUT2D eigenvalue weighted by Gasteiger charge is 2.54. The van der Waals surface area contributed by atoms with Crippen molar-refractivity contribution in [1.82, 2.24) is 19.4 Å². The van der Waals surface area contributed by atoms with Crippen LogP contribution >= 0.6 is 0 Å². The van der Waals surface area contributed by atoms with E-state index in [0.29, 0.717) is 37.2 Å². The van der Waals surface area contributed by atoms with Crippen molar-refractivity contribution in [2.24, 2.45) is 13.0 Å². The van der Waals surface area contributed by atoms with Gasteiger partial charge in [0, 0.05) is 32.1 Å². The average Bonchev–Trinajstić information content (AvgIpc) is 3.33. The van der Waals surface area contributed by atoms with Gasteiger partial charge in [0.1, 0.15) is 11.3 Å². The number of carbonyl (C=O) groups excluding carboxylic acids is 1. The van der Waals surface area contributed by atoms with Crippen LogP contribution in [0.25, 0.3) is 0 Å². The van der Waals surface area contributed by atoms with Gasteiger partial charge in [-0.25, -0.2) is 14.8 Å². The maximum Gasteiger partial charge on any atom is 0.490 e. The Bertz CT molecular complexity index is 929. The Hall–Kier alpha value is -3.15. The normalized spacial score (nSPS) is 19.1. The Morgan fingerprint density at radius 1 is 1.31 bits per heavy atom. The molecule has 0 aliphatic carbocycles.